The molecule has 1 aromatic rings. The molecule has 5 heteroatoms. The first-order chi connectivity index (χ1) is 10.5. The van der Waals surface area contributed by atoms with E-state index in [0.717, 1.165) is 31.6 Å². The number of piperidine rings is 1. The second-order valence-corrected chi connectivity index (χ2v) is 5.92. The highest BCUT2D eigenvalue weighted by molar-refractivity contribution is 5.94. The second-order valence-electron chi connectivity index (χ2n) is 5.92. The number of carbonyl (C=O) groups excluding carboxylic acids is 2. The number of benzene rings is 1. The van der Waals surface area contributed by atoms with E-state index < -0.39 is 0 Å². The molecule has 22 heavy (non-hydrogen) atoms. The van der Waals surface area contributed by atoms with Crippen molar-refractivity contribution in [1.82, 2.24) is 10.2 Å². The predicted octanol–water partition coefficient (Wildman–Crippen LogP) is 1.88. The third-order valence-corrected chi connectivity index (χ3v) is 4.13. The molecule has 0 aliphatic carbocycles. The Morgan fingerprint density at radius 2 is 1.77 bits per heavy atom. The molecule has 2 amide bonds. The van der Waals surface area contributed by atoms with E-state index in [2.05, 4.69) is 5.32 Å². The summed E-state index contributed by atoms with van der Waals surface area (Å²) in [5.41, 5.74) is 1.75. The van der Waals surface area contributed by atoms with Crippen LogP contribution < -0.4 is 10.2 Å². The maximum atomic E-state index is 12.3. The van der Waals surface area contributed by atoms with Gasteiger partial charge in [0.2, 0.25) is 5.91 Å². The highest BCUT2D eigenvalue weighted by atomic mass is 16.2. The summed E-state index contributed by atoms with van der Waals surface area (Å²) >= 11 is 0. The SMILES string of the molecule is CCC(=O)N1CCC(NC(=O)c2ccc(N(C)C)cc2)CC1. The number of anilines is 1. The van der Waals surface area contributed by atoms with Crippen LogP contribution in [0, 0.1) is 0 Å². The summed E-state index contributed by atoms with van der Waals surface area (Å²) in [6.45, 7) is 3.35. The number of hydrogen-bond donors (Lipinski definition) is 1. The largest absolute Gasteiger partial charge is 0.378 e. The van der Waals surface area contributed by atoms with Gasteiger partial charge in [0, 0.05) is 50.9 Å². The Kier molecular flexibility index (Phi) is 5.41. The molecule has 1 N–H and O–H groups in total. The maximum Gasteiger partial charge on any atom is 0.251 e. The summed E-state index contributed by atoms with van der Waals surface area (Å²) in [6.07, 6.45) is 2.20. The van der Waals surface area contributed by atoms with Crippen molar-refractivity contribution in [2.24, 2.45) is 0 Å². The third kappa shape index (κ3) is 4.00. The summed E-state index contributed by atoms with van der Waals surface area (Å²) in [4.78, 5) is 27.8. The van der Waals surface area contributed by atoms with Crippen molar-refractivity contribution >= 4 is 17.5 Å². The lowest BCUT2D eigenvalue weighted by atomic mass is 10.0. The van der Waals surface area contributed by atoms with E-state index in [1.54, 1.807) is 0 Å². The number of amides is 2. The molecule has 120 valence electrons. The summed E-state index contributed by atoms with van der Waals surface area (Å²) in [5, 5.41) is 3.07. The molecule has 0 bridgehead atoms. The zero-order valence-electron chi connectivity index (χ0n) is 13.6. The Labute approximate surface area is 132 Å². The fourth-order valence-corrected chi connectivity index (χ4v) is 2.68. The Hall–Kier alpha value is -2.04. The average Bonchev–Trinajstić information content (AvgIpc) is 2.54. The normalized spacial score (nSPS) is 15.5. The lowest BCUT2D eigenvalue weighted by molar-refractivity contribution is -0.131. The van der Waals surface area contributed by atoms with Gasteiger partial charge in [-0.2, -0.15) is 0 Å². The van der Waals surface area contributed by atoms with Gasteiger partial charge in [-0.15, -0.1) is 0 Å². The van der Waals surface area contributed by atoms with Crippen LogP contribution in [0.3, 0.4) is 0 Å². The van der Waals surface area contributed by atoms with Crippen LogP contribution in [-0.4, -0.2) is 49.9 Å². The number of hydrogen-bond acceptors (Lipinski definition) is 3. The van der Waals surface area contributed by atoms with Crippen molar-refractivity contribution in [3.63, 3.8) is 0 Å². The second kappa shape index (κ2) is 7.29. The first kappa shape index (κ1) is 16.3. The van der Waals surface area contributed by atoms with Crippen LogP contribution >= 0.6 is 0 Å². The number of carbonyl (C=O) groups is 2. The Balaban J connectivity index is 1.86. The monoisotopic (exact) mass is 303 g/mol. The number of rotatable bonds is 4. The smallest absolute Gasteiger partial charge is 0.251 e. The van der Waals surface area contributed by atoms with Crippen molar-refractivity contribution < 1.29 is 9.59 Å². The molecule has 0 atom stereocenters. The lowest BCUT2D eigenvalue weighted by Gasteiger charge is -2.32. The van der Waals surface area contributed by atoms with E-state index in [4.69, 9.17) is 0 Å². The van der Waals surface area contributed by atoms with Crippen molar-refractivity contribution in [3.05, 3.63) is 29.8 Å². The third-order valence-electron chi connectivity index (χ3n) is 4.13. The minimum atomic E-state index is -0.0365. The van der Waals surface area contributed by atoms with Crippen LogP contribution in [0.15, 0.2) is 24.3 Å². The molecule has 1 heterocycles. The summed E-state index contributed by atoms with van der Waals surface area (Å²) in [7, 11) is 3.95. The minimum absolute atomic E-state index is 0.0365. The topological polar surface area (TPSA) is 52.7 Å². The fraction of sp³-hybridized carbons (Fsp3) is 0.529. The zero-order valence-corrected chi connectivity index (χ0v) is 13.6. The maximum absolute atomic E-state index is 12.3. The van der Waals surface area contributed by atoms with Crippen LogP contribution in [0.5, 0.6) is 0 Å². The molecule has 1 saturated heterocycles. The molecule has 2 rings (SSSR count). The van der Waals surface area contributed by atoms with Gasteiger partial charge in [0.05, 0.1) is 0 Å². The van der Waals surface area contributed by atoms with E-state index in [-0.39, 0.29) is 17.9 Å². The molecule has 0 saturated carbocycles. The van der Waals surface area contributed by atoms with Gasteiger partial charge in [-0.1, -0.05) is 6.92 Å². The lowest BCUT2D eigenvalue weighted by Crippen LogP contribution is -2.46. The van der Waals surface area contributed by atoms with Gasteiger partial charge >= 0.3 is 0 Å². The molecule has 1 aliphatic rings. The van der Waals surface area contributed by atoms with E-state index in [1.807, 2.05) is 55.1 Å². The van der Waals surface area contributed by atoms with Crippen LogP contribution in [0.1, 0.15) is 36.5 Å². The molecular weight excluding hydrogens is 278 g/mol. The van der Waals surface area contributed by atoms with E-state index in [0.29, 0.717) is 12.0 Å². The van der Waals surface area contributed by atoms with Gasteiger partial charge < -0.3 is 15.1 Å². The van der Waals surface area contributed by atoms with Gasteiger partial charge in [-0.05, 0) is 37.1 Å². The molecule has 1 aromatic carbocycles. The molecule has 1 fully saturated rings. The number of nitrogens with one attached hydrogen (secondary N) is 1. The summed E-state index contributed by atoms with van der Waals surface area (Å²) in [5.74, 6) is 0.162. The van der Waals surface area contributed by atoms with Gasteiger partial charge in [-0.25, -0.2) is 0 Å². The molecule has 0 radical (unpaired) electrons. The van der Waals surface area contributed by atoms with Gasteiger partial charge in [0.15, 0.2) is 0 Å². The van der Waals surface area contributed by atoms with E-state index in [9.17, 15) is 9.59 Å². The highest BCUT2D eigenvalue weighted by Gasteiger charge is 2.23. The molecule has 1 aliphatic heterocycles. The Morgan fingerprint density at radius 3 is 2.27 bits per heavy atom. The van der Waals surface area contributed by atoms with Gasteiger partial charge in [0.25, 0.3) is 5.91 Å². The van der Waals surface area contributed by atoms with Crippen molar-refractivity contribution in [3.8, 4) is 0 Å². The van der Waals surface area contributed by atoms with Crippen LogP contribution in [-0.2, 0) is 4.79 Å². The first-order valence-corrected chi connectivity index (χ1v) is 7.87. The predicted molar refractivity (Wildman–Crippen MR) is 88.1 cm³/mol. The van der Waals surface area contributed by atoms with Crippen molar-refractivity contribution in [1.29, 1.82) is 0 Å². The van der Waals surface area contributed by atoms with Crippen LogP contribution in [0.4, 0.5) is 5.69 Å². The average molecular weight is 303 g/mol. The minimum Gasteiger partial charge on any atom is -0.378 e. The summed E-state index contributed by atoms with van der Waals surface area (Å²) < 4.78 is 0. The van der Waals surface area contributed by atoms with Crippen molar-refractivity contribution in [2.75, 3.05) is 32.1 Å². The van der Waals surface area contributed by atoms with Gasteiger partial charge in [-0.3, -0.25) is 9.59 Å². The molecule has 0 spiro atoms. The fourth-order valence-electron chi connectivity index (χ4n) is 2.68. The van der Waals surface area contributed by atoms with Crippen LogP contribution in [0.25, 0.3) is 0 Å². The summed E-state index contributed by atoms with van der Waals surface area (Å²) in [6, 6.07) is 7.73. The highest BCUT2D eigenvalue weighted by Crippen LogP contribution is 2.14. The van der Waals surface area contributed by atoms with E-state index in [1.165, 1.54) is 0 Å². The van der Waals surface area contributed by atoms with E-state index >= 15 is 0 Å². The first-order valence-electron chi connectivity index (χ1n) is 7.87. The quantitative estimate of drug-likeness (QED) is 0.924. The number of likely N-dealkylation sites (tertiary alicyclic amines) is 1. The molecule has 0 aromatic heterocycles. The Bertz CT molecular complexity index is 517. The van der Waals surface area contributed by atoms with Gasteiger partial charge in [0.1, 0.15) is 0 Å². The number of nitrogens with zero attached hydrogens (tertiary/aromatic N) is 2. The Morgan fingerprint density at radius 1 is 1.18 bits per heavy atom. The molecule has 5 nitrogen and oxygen atoms in total. The van der Waals surface area contributed by atoms with Crippen LogP contribution in [0.2, 0.25) is 0 Å². The molecule has 0 unspecified atom stereocenters. The van der Waals surface area contributed by atoms with Crippen molar-refractivity contribution in [2.45, 2.75) is 32.2 Å². The molecular formula is C17H25N3O2. The standard InChI is InChI=1S/C17H25N3O2/c1-4-16(21)20-11-9-14(10-12-20)18-17(22)13-5-7-15(8-6-13)19(2)3/h5-8,14H,4,9-12H2,1-3H3,(H,18,22). The zero-order chi connectivity index (χ0) is 16.1.